The van der Waals surface area contributed by atoms with Gasteiger partial charge in [-0.3, -0.25) is 4.99 Å². The average Bonchev–Trinajstić information content (AvgIpc) is 2.28. The predicted octanol–water partition coefficient (Wildman–Crippen LogP) is 4.22. The third-order valence-electron chi connectivity index (χ3n) is 2.44. The molecule has 0 bridgehead atoms. The van der Waals surface area contributed by atoms with Crippen molar-refractivity contribution >= 4 is 56.2 Å². The fraction of sp³-hybridized carbons (Fsp3) is 0.364. The van der Waals surface area contributed by atoms with Gasteiger partial charge in [0.15, 0.2) is 0 Å². The molecule has 0 N–H and O–H groups in total. The Labute approximate surface area is 127 Å². The summed E-state index contributed by atoms with van der Waals surface area (Å²) in [6.07, 6.45) is 1.05. The molecule has 0 aromatic heterocycles. The number of hydrogen-bond acceptors (Lipinski definition) is 2. The molecule has 0 saturated heterocycles. The molecule has 0 aliphatic carbocycles. The maximum atomic E-state index is 5.17. The van der Waals surface area contributed by atoms with Crippen LogP contribution in [-0.4, -0.2) is 22.6 Å². The van der Waals surface area contributed by atoms with Gasteiger partial charge in [-0.05, 0) is 31.0 Å². The number of ether oxygens (including phenoxy) is 1. The van der Waals surface area contributed by atoms with Crippen LogP contribution in [0.25, 0.3) is 0 Å². The Balaban J connectivity index is 0.000000317. The number of benzene rings is 1. The first-order chi connectivity index (χ1) is 8.04. The average molecular weight is 426 g/mol. The van der Waals surface area contributed by atoms with Crippen LogP contribution in [0.4, 0.5) is 0 Å². The Morgan fingerprint density at radius 3 is 2.53 bits per heavy atom. The third kappa shape index (κ3) is 5.14. The molecule has 92 valence electrons. The summed E-state index contributed by atoms with van der Waals surface area (Å²) >= 11 is 9.31. The highest BCUT2D eigenvalue weighted by molar-refractivity contribution is 9.69. The lowest BCUT2D eigenvalue weighted by molar-refractivity contribution is 0.414. The van der Waals surface area contributed by atoms with Crippen LogP contribution in [0.15, 0.2) is 23.2 Å². The maximum absolute atomic E-state index is 5.17. The molecule has 1 aliphatic rings. The van der Waals surface area contributed by atoms with Gasteiger partial charge in [0, 0.05) is 17.8 Å². The van der Waals surface area contributed by atoms with E-state index >= 15 is 0 Å². The monoisotopic (exact) mass is 423 g/mol. The van der Waals surface area contributed by atoms with Gasteiger partial charge in [-0.1, -0.05) is 6.07 Å². The minimum Gasteiger partial charge on any atom is -0.497 e. The van der Waals surface area contributed by atoms with Crippen molar-refractivity contribution in [2.24, 2.45) is 4.99 Å². The van der Waals surface area contributed by atoms with Crippen molar-refractivity contribution in [3.8, 4) is 5.75 Å². The SMILES string of the molecule is BrB(Br)Br.COc1ccc2c(c1)C(C)=NCC2. The molecular weight excluding hydrogens is 413 g/mol. The molecule has 0 fully saturated rings. The molecule has 17 heavy (non-hydrogen) atoms. The van der Waals surface area contributed by atoms with Crippen molar-refractivity contribution in [2.45, 2.75) is 13.3 Å². The standard InChI is InChI=1S/C11H13NO.BBr3/c1-8-11-7-10(13-2)4-3-9(11)5-6-12-8;2-1(3)4/h3-4,7H,5-6H2,1-2H3;. The minimum atomic E-state index is 0.271. The van der Waals surface area contributed by atoms with Gasteiger partial charge in [0.25, 0.3) is 0 Å². The molecule has 0 radical (unpaired) electrons. The van der Waals surface area contributed by atoms with Crippen LogP contribution >= 0.6 is 47.3 Å². The summed E-state index contributed by atoms with van der Waals surface area (Å²) < 4.78 is 5.44. The lowest BCUT2D eigenvalue weighted by Crippen LogP contribution is -2.09. The molecule has 0 unspecified atom stereocenters. The Morgan fingerprint density at radius 1 is 1.29 bits per heavy atom. The summed E-state index contributed by atoms with van der Waals surface area (Å²) in [6.45, 7) is 2.97. The second-order valence-electron chi connectivity index (χ2n) is 3.49. The molecule has 1 aliphatic heterocycles. The van der Waals surface area contributed by atoms with Gasteiger partial charge >= 0.3 is 3.18 Å². The molecule has 1 aromatic carbocycles. The molecular formula is C11H13BBr3NO. The van der Waals surface area contributed by atoms with Crippen LogP contribution < -0.4 is 4.74 Å². The summed E-state index contributed by atoms with van der Waals surface area (Å²) in [4.78, 5) is 4.41. The van der Waals surface area contributed by atoms with Gasteiger partial charge in [-0.2, -0.15) is 0 Å². The van der Waals surface area contributed by atoms with Crippen molar-refractivity contribution in [3.05, 3.63) is 29.3 Å². The lowest BCUT2D eigenvalue weighted by Gasteiger charge is -2.14. The first-order valence-corrected chi connectivity index (χ1v) is 7.90. The van der Waals surface area contributed by atoms with E-state index in [2.05, 4.69) is 71.3 Å². The fourth-order valence-electron chi connectivity index (χ4n) is 1.67. The first-order valence-electron chi connectivity index (χ1n) is 5.15. The van der Waals surface area contributed by atoms with E-state index in [1.807, 2.05) is 6.07 Å². The number of rotatable bonds is 1. The molecule has 2 rings (SSSR count). The lowest BCUT2D eigenvalue weighted by atomic mass is 9.98. The van der Waals surface area contributed by atoms with E-state index in [1.54, 1.807) is 7.11 Å². The topological polar surface area (TPSA) is 21.6 Å². The summed E-state index contributed by atoms with van der Waals surface area (Å²) in [7, 11) is 1.69. The number of hydrogen-bond donors (Lipinski definition) is 0. The molecule has 0 amide bonds. The largest absolute Gasteiger partial charge is 0.497 e. The molecule has 1 aromatic rings. The summed E-state index contributed by atoms with van der Waals surface area (Å²) in [5.74, 6) is 0.912. The maximum Gasteiger partial charge on any atom is 0.369 e. The van der Waals surface area contributed by atoms with E-state index in [4.69, 9.17) is 4.74 Å². The van der Waals surface area contributed by atoms with Crippen LogP contribution in [0.2, 0.25) is 0 Å². The zero-order valence-electron chi connectivity index (χ0n) is 9.71. The van der Waals surface area contributed by atoms with E-state index in [1.165, 1.54) is 11.1 Å². The van der Waals surface area contributed by atoms with Crippen molar-refractivity contribution in [1.29, 1.82) is 0 Å². The van der Waals surface area contributed by atoms with Crippen molar-refractivity contribution in [2.75, 3.05) is 13.7 Å². The summed E-state index contributed by atoms with van der Waals surface area (Å²) in [5, 5.41) is 0. The number of nitrogens with zero attached hydrogens (tertiary/aromatic N) is 1. The van der Waals surface area contributed by atoms with E-state index in [9.17, 15) is 0 Å². The zero-order valence-corrected chi connectivity index (χ0v) is 14.5. The van der Waals surface area contributed by atoms with Gasteiger partial charge in [-0.25, -0.2) is 0 Å². The van der Waals surface area contributed by atoms with E-state index < -0.39 is 0 Å². The Kier molecular flexibility index (Phi) is 6.81. The molecule has 2 nitrogen and oxygen atoms in total. The minimum absolute atomic E-state index is 0.271. The van der Waals surface area contributed by atoms with Gasteiger partial charge < -0.3 is 4.74 Å². The van der Waals surface area contributed by atoms with Gasteiger partial charge in [0.05, 0.1) is 7.11 Å². The Bertz CT molecular complexity index is 407. The second kappa shape index (κ2) is 7.59. The van der Waals surface area contributed by atoms with Gasteiger partial charge in [-0.15, -0.1) is 47.3 Å². The van der Waals surface area contributed by atoms with Crippen LogP contribution in [0.3, 0.4) is 0 Å². The highest BCUT2D eigenvalue weighted by Crippen LogP contribution is 2.21. The Hall–Kier alpha value is 0.195. The second-order valence-corrected chi connectivity index (χ2v) is 9.92. The van der Waals surface area contributed by atoms with Crippen LogP contribution in [0, 0.1) is 0 Å². The molecule has 1 heterocycles. The quantitative estimate of drug-likeness (QED) is 0.618. The highest BCUT2D eigenvalue weighted by atomic mass is 79.9. The van der Waals surface area contributed by atoms with Crippen LogP contribution in [0.1, 0.15) is 18.1 Å². The zero-order chi connectivity index (χ0) is 12.8. The summed E-state index contributed by atoms with van der Waals surface area (Å²) in [6, 6.07) is 6.21. The normalized spacial score (nSPS) is 12.9. The number of halogens is 3. The van der Waals surface area contributed by atoms with E-state index in [-0.39, 0.29) is 3.18 Å². The fourth-order valence-corrected chi connectivity index (χ4v) is 1.67. The summed E-state index contributed by atoms with van der Waals surface area (Å²) in [5.41, 5.74) is 3.75. The predicted molar refractivity (Wildman–Crippen MR) is 86.3 cm³/mol. The van der Waals surface area contributed by atoms with Gasteiger partial charge in [0.1, 0.15) is 5.75 Å². The number of fused-ring (bicyclic) bond motifs is 1. The smallest absolute Gasteiger partial charge is 0.369 e. The van der Waals surface area contributed by atoms with Crippen LogP contribution in [0.5, 0.6) is 5.75 Å². The van der Waals surface area contributed by atoms with Gasteiger partial charge in [0.2, 0.25) is 0 Å². The van der Waals surface area contributed by atoms with Crippen molar-refractivity contribution < 1.29 is 4.74 Å². The molecule has 0 atom stereocenters. The number of aliphatic imine (C=N–C) groups is 1. The molecule has 0 spiro atoms. The van der Waals surface area contributed by atoms with E-state index in [0.29, 0.717) is 0 Å². The van der Waals surface area contributed by atoms with Crippen molar-refractivity contribution in [3.63, 3.8) is 0 Å². The van der Waals surface area contributed by atoms with Crippen LogP contribution in [-0.2, 0) is 6.42 Å². The van der Waals surface area contributed by atoms with Crippen molar-refractivity contribution in [1.82, 2.24) is 0 Å². The third-order valence-corrected chi connectivity index (χ3v) is 2.44. The first kappa shape index (κ1) is 15.3. The molecule has 6 heteroatoms. The highest BCUT2D eigenvalue weighted by Gasteiger charge is 2.10. The Morgan fingerprint density at radius 2 is 1.94 bits per heavy atom. The number of methoxy groups -OCH3 is 1. The molecule has 0 saturated carbocycles. The van der Waals surface area contributed by atoms with E-state index in [0.717, 1.165) is 24.4 Å².